The highest BCUT2D eigenvalue weighted by atomic mass is 35.5. The lowest BCUT2D eigenvalue weighted by Gasteiger charge is -2.12. The molecule has 3 aromatic carbocycles. The number of aromatic nitrogens is 2. The van der Waals surface area contributed by atoms with E-state index in [4.69, 9.17) is 33.2 Å². The Bertz CT molecular complexity index is 1120. The van der Waals surface area contributed by atoms with E-state index in [0.29, 0.717) is 11.4 Å². The number of rotatable bonds is 3. The third kappa shape index (κ3) is 3.83. The van der Waals surface area contributed by atoms with Gasteiger partial charge in [-0.15, -0.1) is 0 Å². The number of benzene rings is 3. The zero-order chi connectivity index (χ0) is 19.0. The second-order valence-electron chi connectivity index (χ2n) is 6.75. The van der Waals surface area contributed by atoms with Gasteiger partial charge in [-0.1, -0.05) is 47.5 Å². The second-order valence-corrected chi connectivity index (χ2v) is 7.63. The summed E-state index contributed by atoms with van der Waals surface area (Å²) in [4.78, 5) is 9.92. The highest BCUT2D eigenvalue weighted by Gasteiger charge is 2.13. The fourth-order valence-electron chi connectivity index (χ4n) is 3.11. The van der Waals surface area contributed by atoms with Gasteiger partial charge in [-0.25, -0.2) is 9.97 Å². The monoisotopic (exact) mass is 392 g/mol. The van der Waals surface area contributed by atoms with E-state index >= 15 is 0 Å². The first kappa shape index (κ1) is 18.0. The van der Waals surface area contributed by atoms with Gasteiger partial charge < -0.3 is 0 Å². The van der Waals surface area contributed by atoms with Crippen LogP contribution in [0.5, 0.6) is 0 Å². The predicted molar refractivity (Wildman–Crippen MR) is 114 cm³/mol. The maximum atomic E-state index is 6.07. The van der Waals surface area contributed by atoms with Crippen molar-refractivity contribution in [1.82, 2.24) is 9.97 Å². The van der Waals surface area contributed by atoms with Gasteiger partial charge in [-0.3, -0.25) is 0 Å². The van der Waals surface area contributed by atoms with Crippen LogP contribution in [0.4, 0.5) is 0 Å². The molecule has 0 aliphatic carbocycles. The van der Waals surface area contributed by atoms with Crippen molar-refractivity contribution in [1.29, 1.82) is 0 Å². The topological polar surface area (TPSA) is 25.8 Å². The minimum absolute atomic E-state index is 0.686. The largest absolute Gasteiger partial charge is 0.249 e. The Morgan fingerprint density at radius 2 is 1.22 bits per heavy atom. The molecule has 0 bridgehead atoms. The van der Waals surface area contributed by atoms with Crippen molar-refractivity contribution >= 4 is 34.2 Å². The first-order chi connectivity index (χ1) is 13.0. The normalized spacial score (nSPS) is 11.1. The van der Waals surface area contributed by atoms with E-state index in [2.05, 4.69) is 26.0 Å². The van der Waals surface area contributed by atoms with Crippen LogP contribution in [0.15, 0.2) is 60.7 Å². The van der Waals surface area contributed by atoms with Crippen molar-refractivity contribution in [3.05, 3.63) is 93.1 Å². The van der Waals surface area contributed by atoms with E-state index < -0.39 is 0 Å². The molecule has 0 radical (unpaired) electrons. The summed E-state index contributed by atoms with van der Waals surface area (Å²) in [5, 5.41) is 1.44. The minimum Gasteiger partial charge on any atom is -0.249 e. The van der Waals surface area contributed by atoms with Crippen molar-refractivity contribution in [2.24, 2.45) is 0 Å². The van der Waals surface area contributed by atoms with E-state index in [1.165, 1.54) is 11.1 Å². The standard InChI is InChI=1S/C23H18Cl2N2/c1-14-11-20-21(12-15(14)2)27-23(17-5-9-19(25)10-6-17)22(26-20)13-16-3-7-18(24)8-4-16/h3-12H,13H2,1-2H3. The summed E-state index contributed by atoms with van der Waals surface area (Å²) in [6.07, 6.45) is 0.686. The molecule has 0 saturated carbocycles. The Morgan fingerprint density at radius 1 is 0.704 bits per heavy atom. The minimum atomic E-state index is 0.686. The highest BCUT2D eigenvalue weighted by molar-refractivity contribution is 6.30. The molecule has 0 saturated heterocycles. The van der Waals surface area contributed by atoms with Gasteiger partial charge >= 0.3 is 0 Å². The summed E-state index contributed by atoms with van der Waals surface area (Å²) in [7, 11) is 0. The molecule has 134 valence electrons. The van der Waals surface area contributed by atoms with Crippen molar-refractivity contribution in [3.8, 4) is 11.3 Å². The quantitative estimate of drug-likeness (QED) is 0.382. The van der Waals surface area contributed by atoms with Crippen molar-refractivity contribution in [2.45, 2.75) is 20.3 Å². The summed E-state index contributed by atoms with van der Waals surface area (Å²) in [6, 6.07) is 19.8. The summed E-state index contributed by atoms with van der Waals surface area (Å²) < 4.78 is 0. The number of hydrogen-bond donors (Lipinski definition) is 0. The SMILES string of the molecule is Cc1cc2nc(Cc3ccc(Cl)cc3)c(-c3ccc(Cl)cc3)nc2cc1C. The molecule has 0 N–H and O–H groups in total. The van der Waals surface area contributed by atoms with Crippen LogP contribution in [-0.4, -0.2) is 9.97 Å². The van der Waals surface area contributed by atoms with Gasteiger partial charge in [0.25, 0.3) is 0 Å². The van der Waals surface area contributed by atoms with Crippen LogP contribution in [0, 0.1) is 13.8 Å². The first-order valence-electron chi connectivity index (χ1n) is 8.78. The number of aryl methyl sites for hydroxylation is 2. The predicted octanol–water partition coefficient (Wildman–Crippen LogP) is 6.81. The van der Waals surface area contributed by atoms with Gasteiger partial charge in [0, 0.05) is 22.0 Å². The molecule has 2 nitrogen and oxygen atoms in total. The number of halogens is 2. The van der Waals surface area contributed by atoms with Gasteiger partial charge in [0.1, 0.15) is 0 Å². The average Bonchev–Trinajstić information content (AvgIpc) is 2.65. The summed E-state index contributed by atoms with van der Waals surface area (Å²) in [5.41, 5.74) is 8.23. The van der Waals surface area contributed by atoms with Crippen molar-refractivity contribution < 1.29 is 0 Å². The Labute approximate surface area is 168 Å². The molecule has 4 rings (SSSR count). The fraction of sp³-hybridized carbons (Fsp3) is 0.130. The molecule has 1 heterocycles. The Morgan fingerprint density at radius 3 is 1.81 bits per heavy atom. The maximum Gasteiger partial charge on any atom is 0.0928 e. The van der Waals surface area contributed by atoms with Crippen molar-refractivity contribution in [3.63, 3.8) is 0 Å². The Hall–Kier alpha value is -2.42. The van der Waals surface area contributed by atoms with Crippen LogP contribution < -0.4 is 0 Å². The first-order valence-corrected chi connectivity index (χ1v) is 9.53. The lowest BCUT2D eigenvalue weighted by Crippen LogP contribution is -2.01. The van der Waals surface area contributed by atoms with E-state index in [1.54, 1.807) is 0 Å². The van der Waals surface area contributed by atoms with Gasteiger partial charge in [0.15, 0.2) is 0 Å². The van der Waals surface area contributed by atoms with Crippen LogP contribution in [0.25, 0.3) is 22.3 Å². The molecule has 0 aliphatic heterocycles. The molecule has 0 spiro atoms. The summed E-state index contributed by atoms with van der Waals surface area (Å²) >= 11 is 12.1. The molecule has 4 aromatic rings. The van der Waals surface area contributed by atoms with Crippen LogP contribution in [-0.2, 0) is 6.42 Å². The Balaban J connectivity index is 1.89. The molecule has 0 unspecified atom stereocenters. The summed E-state index contributed by atoms with van der Waals surface area (Å²) in [5.74, 6) is 0. The molecule has 4 heteroatoms. The summed E-state index contributed by atoms with van der Waals surface area (Å²) in [6.45, 7) is 4.20. The third-order valence-electron chi connectivity index (χ3n) is 4.75. The van der Waals surface area contributed by atoms with Crippen molar-refractivity contribution in [2.75, 3.05) is 0 Å². The van der Waals surface area contributed by atoms with E-state index in [9.17, 15) is 0 Å². The maximum absolute atomic E-state index is 6.07. The molecule has 27 heavy (non-hydrogen) atoms. The number of fused-ring (bicyclic) bond motifs is 1. The molecule has 0 amide bonds. The highest BCUT2D eigenvalue weighted by Crippen LogP contribution is 2.28. The third-order valence-corrected chi connectivity index (χ3v) is 5.26. The zero-order valence-electron chi connectivity index (χ0n) is 15.1. The molecular formula is C23H18Cl2N2. The Kier molecular flexibility index (Phi) is 4.86. The van der Waals surface area contributed by atoms with Crippen LogP contribution >= 0.6 is 23.2 Å². The second kappa shape index (κ2) is 7.30. The molecule has 1 aromatic heterocycles. The lowest BCUT2D eigenvalue weighted by molar-refractivity contribution is 1.07. The van der Waals surface area contributed by atoms with E-state index in [0.717, 1.165) is 38.6 Å². The van der Waals surface area contributed by atoms with Gasteiger partial charge in [-0.05, 0) is 66.9 Å². The van der Waals surface area contributed by atoms with Crippen LogP contribution in [0.1, 0.15) is 22.4 Å². The molecule has 0 aliphatic rings. The smallest absolute Gasteiger partial charge is 0.0928 e. The van der Waals surface area contributed by atoms with E-state index in [1.807, 2.05) is 48.5 Å². The van der Waals surface area contributed by atoms with Gasteiger partial charge in [0.05, 0.1) is 22.4 Å². The van der Waals surface area contributed by atoms with Gasteiger partial charge in [-0.2, -0.15) is 0 Å². The van der Waals surface area contributed by atoms with Crippen LogP contribution in [0.2, 0.25) is 10.0 Å². The fourth-order valence-corrected chi connectivity index (χ4v) is 3.36. The number of hydrogen-bond acceptors (Lipinski definition) is 2. The van der Waals surface area contributed by atoms with Crippen LogP contribution in [0.3, 0.4) is 0 Å². The number of nitrogens with zero attached hydrogens (tertiary/aromatic N) is 2. The van der Waals surface area contributed by atoms with Gasteiger partial charge in [0.2, 0.25) is 0 Å². The molecular weight excluding hydrogens is 375 g/mol. The van der Waals surface area contributed by atoms with E-state index in [-0.39, 0.29) is 0 Å². The lowest BCUT2D eigenvalue weighted by atomic mass is 10.0. The zero-order valence-corrected chi connectivity index (χ0v) is 16.6. The average molecular weight is 393 g/mol. The molecule has 0 fully saturated rings. The molecule has 0 atom stereocenters.